The lowest BCUT2D eigenvalue weighted by molar-refractivity contribution is -0.123. The number of rotatable bonds is 5. The molecular formula is C27H21ClN4O5S. The van der Waals surface area contributed by atoms with E-state index in [9.17, 15) is 22.9 Å². The fraction of sp³-hybridized carbons (Fsp3) is 0.148. The number of pyridine rings is 1. The second kappa shape index (κ2) is 10.4. The van der Waals surface area contributed by atoms with Crippen molar-refractivity contribution in [2.24, 2.45) is 5.18 Å². The minimum absolute atomic E-state index is 0.0315. The predicted molar refractivity (Wildman–Crippen MR) is 143 cm³/mol. The Hall–Kier alpha value is -3.99. The number of hydrogen-bond donors (Lipinski definition) is 0. The summed E-state index contributed by atoms with van der Waals surface area (Å²) in [6.45, 7) is -0.518. The van der Waals surface area contributed by atoms with Gasteiger partial charge in [-0.25, -0.2) is 8.42 Å². The van der Waals surface area contributed by atoms with E-state index in [1.807, 2.05) is 12.1 Å². The Balaban J connectivity index is 1.39. The van der Waals surface area contributed by atoms with Crippen molar-refractivity contribution in [1.82, 2.24) is 14.2 Å². The second-order valence-corrected chi connectivity index (χ2v) is 11.1. The molecule has 1 unspecified atom stereocenters. The van der Waals surface area contributed by atoms with Gasteiger partial charge in [0.1, 0.15) is 6.04 Å². The largest absolute Gasteiger partial charge is 0.324 e. The van der Waals surface area contributed by atoms with Crippen molar-refractivity contribution in [3.05, 3.63) is 101 Å². The number of fused-ring (bicyclic) bond motifs is 1. The summed E-state index contributed by atoms with van der Waals surface area (Å²) in [7, 11) is -4.03. The first-order valence-electron chi connectivity index (χ1n) is 11.7. The molecule has 1 fully saturated rings. The molecule has 1 aromatic heterocycles. The Labute approximate surface area is 223 Å². The molecule has 9 nitrogen and oxygen atoms in total. The van der Waals surface area contributed by atoms with Crippen molar-refractivity contribution < 1.29 is 18.0 Å². The number of halogens is 1. The average molecular weight is 549 g/mol. The maximum Gasteiger partial charge on any atom is 0.310 e. The summed E-state index contributed by atoms with van der Waals surface area (Å²) in [5.74, 6) is -1.60. The molecule has 1 aliphatic heterocycles. The number of nitrogens with zero attached hydrogens (tertiary/aromatic N) is 4. The van der Waals surface area contributed by atoms with Crippen LogP contribution in [0, 0.1) is 4.91 Å². The van der Waals surface area contributed by atoms with E-state index in [0.717, 1.165) is 20.8 Å². The Kier molecular flexibility index (Phi) is 7.02. The topological polar surface area (TPSA) is 117 Å². The molecule has 0 saturated carbocycles. The number of carbonyl (C=O) groups is 2. The molecule has 3 aromatic carbocycles. The Bertz CT molecular complexity index is 1650. The van der Waals surface area contributed by atoms with Crippen molar-refractivity contribution >= 4 is 44.2 Å². The van der Waals surface area contributed by atoms with Crippen molar-refractivity contribution in [3.63, 3.8) is 0 Å². The number of piperazine rings is 1. The normalized spacial score (nSPS) is 16.3. The van der Waals surface area contributed by atoms with Gasteiger partial charge in [0.15, 0.2) is 0 Å². The summed E-state index contributed by atoms with van der Waals surface area (Å²) in [5.41, 5.74) is 2.10. The van der Waals surface area contributed by atoms with Gasteiger partial charge in [-0.15, -0.1) is 4.91 Å². The number of aromatic nitrogens is 1. The molecule has 5 rings (SSSR count). The highest BCUT2D eigenvalue weighted by Crippen LogP contribution is 2.27. The zero-order valence-corrected chi connectivity index (χ0v) is 21.5. The van der Waals surface area contributed by atoms with E-state index in [4.69, 9.17) is 11.6 Å². The Morgan fingerprint density at radius 2 is 1.53 bits per heavy atom. The monoisotopic (exact) mass is 548 g/mol. The van der Waals surface area contributed by atoms with Gasteiger partial charge in [-0.3, -0.25) is 14.6 Å². The van der Waals surface area contributed by atoms with E-state index in [0.29, 0.717) is 16.0 Å². The molecule has 2 amide bonds. The van der Waals surface area contributed by atoms with Crippen LogP contribution in [0.25, 0.3) is 21.9 Å². The van der Waals surface area contributed by atoms with Crippen molar-refractivity contribution in [2.75, 3.05) is 19.6 Å². The van der Waals surface area contributed by atoms with Crippen LogP contribution in [0.1, 0.15) is 10.4 Å². The molecular weight excluding hydrogens is 528 g/mol. The van der Waals surface area contributed by atoms with Crippen molar-refractivity contribution in [2.45, 2.75) is 10.9 Å². The number of carbonyl (C=O) groups excluding carboxylic acids is 2. The maximum absolute atomic E-state index is 13.4. The van der Waals surface area contributed by atoms with E-state index in [1.165, 1.54) is 17.0 Å². The van der Waals surface area contributed by atoms with Gasteiger partial charge >= 0.3 is 5.91 Å². The second-order valence-electron chi connectivity index (χ2n) is 8.77. The third-order valence-corrected chi connectivity index (χ3v) is 8.63. The zero-order chi connectivity index (χ0) is 26.9. The first-order valence-corrected chi connectivity index (χ1v) is 13.5. The van der Waals surface area contributed by atoms with Crippen LogP contribution >= 0.6 is 11.6 Å². The van der Waals surface area contributed by atoms with Crippen LogP contribution in [-0.4, -0.2) is 60.1 Å². The lowest BCUT2D eigenvalue weighted by Crippen LogP contribution is -2.59. The van der Waals surface area contributed by atoms with Crippen LogP contribution in [0.5, 0.6) is 0 Å². The fourth-order valence-corrected chi connectivity index (χ4v) is 6.17. The van der Waals surface area contributed by atoms with E-state index in [-0.39, 0.29) is 24.5 Å². The molecule has 0 radical (unpaired) electrons. The van der Waals surface area contributed by atoms with Crippen molar-refractivity contribution in [3.8, 4) is 11.1 Å². The summed E-state index contributed by atoms with van der Waals surface area (Å²) < 4.78 is 28.0. The number of sulfonamides is 1. The summed E-state index contributed by atoms with van der Waals surface area (Å²) in [5, 5.41) is 4.50. The molecule has 0 N–H and O–H groups in total. The lowest BCUT2D eigenvalue weighted by Gasteiger charge is -2.38. The van der Waals surface area contributed by atoms with E-state index < -0.39 is 27.9 Å². The van der Waals surface area contributed by atoms with E-state index in [1.54, 1.807) is 60.9 Å². The first kappa shape index (κ1) is 25.7. The molecule has 4 aromatic rings. The smallest absolute Gasteiger partial charge is 0.310 e. The third kappa shape index (κ3) is 4.93. The summed E-state index contributed by atoms with van der Waals surface area (Å²) >= 11 is 6.02. The predicted octanol–water partition coefficient (Wildman–Crippen LogP) is 4.36. The molecule has 0 bridgehead atoms. The molecule has 0 aliphatic carbocycles. The summed E-state index contributed by atoms with van der Waals surface area (Å²) in [6.07, 6.45) is 3.33. The lowest BCUT2D eigenvalue weighted by atomic mass is 10.0. The number of nitroso groups, excluding NO2 is 1. The van der Waals surface area contributed by atoms with Crippen molar-refractivity contribution in [1.29, 1.82) is 0 Å². The van der Waals surface area contributed by atoms with Crippen LogP contribution in [0.2, 0.25) is 5.02 Å². The van der Waals surface area contributed by atoms with Crippen LogP contribution in [-0.2, 0) is 14.8 Å². The van der Waals surface area contributed by atoms with Crippen LogP contribution in [0.15, 0.2) is 95.3 Å². The molecule has 38 heavy (non-hydrogen) atoms. The fourth-order valence-electron chi connectivity index (χ4n) is 4.51. The van der Waals surface area contributed by atoms with E-state index in [2.05, 4.69) is 10.2 Å². The summed E-state index contributed by atoms with van der Waals surface area (Å²) in [4.78, 5) is 42.2. The highest BCUT2D eigenvalue weighted by atomic mass is 35.5. The number of hydrogen-bond acceptors (Lipinski definition) is 6. The highest BCUT2D eigenvalue weighted by molar-refractivity contribution is 7.89. The van der Waals surface area contributed by atoms with Gasteiger partial charge in [-0.2, -0.15) is 4.31 Å². The van der Waals surface area contributed by atoms with E-state index >= 15 is 0 Å². The van der Waals surface area contributed by atoms with Gasteiger partial charge in [0, 0.05) is 47.8 Å². The summed E-state index contributed by atoms with van der Waals surface area (Å²) in [6, 6.07) is 18.9. The van der Waals surface area contributed by atoms with Crippen LogP contribution < -0.4 is 0 Å². The van der Waals surface area contributed by atoms with Gasteiger partial charge in [0.25, 0.3) is 5.91 Å². The molecule has 0 spiro atoms. The van der Waals surface area contributed by atoms with Gasteiger partial charge in [0.05, 0.1) is 4.90 Å². The minimum atomic E-state index is -4.03. The zero-order valence-electron chi connectivity index (χ0n) is 19.9. The van der Waals surface area contributed by atoms with Gasteiger partial charge in [0.2, 0.25) is 10.0 Å². The first-order chi connectivity index (χ1) is 18.3. The highest BCUT2D eigenvalue weighted by Gasteiger charge is 2.40. The quantitative estimate of drug-likeness (QED) is 0.342. The van der Waals surface area contributed by atoms with Gasteiger partial charge in [-0.1, -0.05) is 35.9 Å². The minimum Gasteiger partial charge on any atom is -0.324 e. The molecule has 1 saturated heterocycles. The molecule has 1 aliphatic rings. The number of benzene rings is 3. The number of amides is 2. The maximum atomic E-state index is 13.4. The van der Waals surface area contributed by atoms with Gasteiger partial charge < -0.3 is 4.90 Å². The van der Waals surface area contributed by atoms with Gasteiger partial charge in [-0.05, 0) is 70.4 Å². The van der Waals surface area contributed by atoms with Crippen LogP contribution in [0.4, 0.5) is 0 Å². The Morgan fingerprint density at radius 3 is 2.24 bits per heavy atom. The average Bonchev–Trinajstić information content (AvgIpc) is 2.96. The molecule has 11 heteroatoms. The molecule has 192 valence electrons. The SMILES string of the molecule is O=NC(=O)C1CN(S(=O)(=O)c2ccc3cc(Cl)ccc3c2)CCN1C(=O)c1ccc(-c2ccncc2)cc1. The molecule has 2 heterocycles. The Morgan fingerprint density at radius 1 is 0.868 bits per heavy atom. The third-order valence-electron chi connectivity index (χ3n) is 6.54. The standard InChI is InChI=1S/C27H21ClN4O5S/c28-23-7-5-22-16-24(8-6-21(22)15-23)38(36,37)31-13-14-32(25(17-31)26(33)30-35)27(34)20-3-1-18(2-4-20)19-9-11-29-12-10-19/h1-12,15-16,25H,13-14,17H2. The molecule has 1 atom stereocenters. The van der Waals surface area contributed by atoms with Crippen LogP contribution in [0.3, 0.4) is 0 Å².